The minimum absolute atomic E-state index is 0.0111. The molecule has 2 fully saturated rings. The molecule has 3 heteroatoms. The molecule has 0 saturated heterocycles. The van der Waals surface area contributed by atoms with Crippen LogP contribution >= 0.6 is 0 Å². The number of hydrogen-bond acceptors (Lipinski definition) is 3. The van der Waals surface area contributed by atoms with Crippen molar-refractivity contribution in [3.8, 4) is 5.75 Å². The molecule has 0 spiro atoms. The van der Waals surface area contributed by atoms with Crippen molar-refractivity contribution >= 4 is 5.69 Å². The van der Waals surface area contributed by atoms with E-state index in [2.05, 4.69) is 56.3 Å². The minimum atomic E-state index is -0.614. The van der Waals surface area contributed by atoms with Gasteiger partial charge in [0.05, 0.1) is 5.60 Å². The number of hydrogen-bond donors (Lipinski definition) is 2. The summed E-state index contributed by atoms with van der Waals surface area (Å²) in [5.41, 5.74) is 4.63. The monoisotopic (exact) mass is 405 g/mol. The van der Waals surface area contributed by atoms with E-state index in [1.54, 1.807) is 0 Å². The highest BCUT2D eigenvalue weighted by Crippen LogP contribution is 2.64. The maximum atomic E-state index is 12.0. The standard InChI is InChI=1S/C27H35NO2/c1-26-14-12-23-22-11-9-21(29)16-19(22)6-10-24(23)25(26)13-15-27(26,30)17-18-4-7-20(8-5-18)28(2)3/h4-5,7-9,11,16,23-25,29-30H,6,10,12-15,17H2,1-3H3/t23-,24-,25+,26+,27-/m1/s1. The molecule has 0 radical (unpaired) electrons. The number of phenols is 1. The fraction of sp³-hybridized carbons (Fsp3) is 0.556. The van der Waals surface area contributed by atoms with Crippen LogP contribution in [-0.2, 0) is 12.8 Å². The quantitative estimate of drug-likeness (QED) is 0.729. The second-order valence-corrected chi connectivity index (χ2v) is 10.6. The van der Waals surface area contributed by atoms with Gasteiger partial charge in [-0.2, -0.15) is 0 Å². The second-order valence-electron chi connectivity index (χ2n) is 10.6. The zero-order valence-corrected chi connectivity index (χ0v) is 18.6. The zero-order chi connectivity index (χ0) is 21.1. The van der Waals surface area contributed by atoms with Gasteiger partial charge >= 0.3 is 0 Å². The van der Waals surface area contributed by atoms with Gasteiger partial charge in [-0.25, -0.2) is 0 Å². The van der Waals surface area contributed by atoms with Crippen LogP contribution in [0.25, 0.3) is 0 Å². The van der Waals surface area contributed by atoms with Crippen molar-refractivity contribution in [3.63, 3.8) is 0 Å². The molecular weight excluding hydrogens is 370 g/mol. The Balaban J connectivity index is 1.40. The highest BCUT2D eigenvalue weighted by Gasteiger charge is 2.61. The highest BCUT2D eigenvalue weighted by atomic mass is 16.3. The molecule has 0 bridgehead atoms. The van der Waals surface area contributed by atoms with E-state index in [0.29, 0.717) is 23.5 Å². The van der Waals surface area contributed by atoms with E-state index in [9.17, 15) is 10.2 Å². The van der Waals surface area contributed by atoms with Crippen molar-refractivity contribution in [1.29, 1.82) is 0 Å². The normalized spacial score (nSPS) is 34.7. The number of anilines is 1. The fourth-order valence-electron chi connectivity index (χ4n) is 7.22. The van der Waals surface area contributed by atoms with E-state index < -0.39 is 5.60 Å². The van der Waals surface area contributed by atoms with E-state index in [1.165, 1.54) is 28.8 Å². The maximum Gasteiger partial charge on any atom is 0.115 e. The lowest BCUT2D eigenvalue weighted by Crippen LogP contribution is -2.51. The van der Waals surface area contributed by atoms with E-state index in [-0.39, 0.29) is 5.41 Å². The SMILES string of the molecule is CN(C)c1ccc(C[C@]2(O)CC[C@H]3[C@@H]4CCc5cc(O)ccc5[C@H]4CC[C@@]32C)cc1. The Labute approximate surface area is 180 Å². The third kappa shape index (κ3) is 2.97. The van der Waals surface area contributed by atoms with Crippen LogP contribution in [0.4, 0.5) is 5.69 Å². The third-order valence-electron chi connectivity index (χ3n) is 8.98. The van der Waals surface area contributed by atoms with Gasteiger partial charge in [0.25, 0.3) is 0 Å². The van der Waals surface area contributed by atoms with Crippen molar-refractivity contribution < 1.29 is 10.2 Å². The second kappa shape index (κ2) is 7.02. The lowest BCUT2D eigenvalue weighted by Gasteiger charge is -2.53. The molecule has 2 N–H and O–H groups in total. The van der Waals surface area contributed by atoms with Crippen LogP contribution in [0.1, 0.15) is 61.6 Å². The molecule has 0 heterocycles. The summed E-state index contributed by atoms with van der Waals surface area (Å²) in [6, 6.07) is 14.7. The smallest absolute Gasteiger partial charge is 0.115 e. The minimum Gasteiger partial charge on any atom is -0.508 e. The van der Waals surface area contributed by atoms with Crippen LogP contribution in [0.5, 0.6) is 5.75 Å². The van der Waals surface area contributed by atoms with Gasteiger partial charge in [0.1, 0.15) is 5.75 Å². The van der Waals surface area contributed by atoms with Gasteiger partial charge in [-0.05, 0) is 103 Å². The Morgan fingerprint density at radius 2 is 1.77 bits per heavy atom. The summed E-state index contributed by atoms with van der Waals surface area (Å²) < 4.78 is 0. The summed E-state index contributed by atoms with van der Waals surface area (Å²) in [6.07, 6.45) is 7.29. The van der Waals surface area contributed by atoms with Crippen LogP contribution in [-0.4, -0.2) is 29.9 Å². The largest absolute Gasteiger partial charge is 0.508 e. The molecule has 0 unspecified atom stereocenters. The number of phenolic OH excluding ortho intramolecular Hbond substituents is 1. The van der Waals surface area contributed by atoms with Crippen molar-refractivity contribution in [2.75, 3.05) is 19.0 Å². The molecule has 3 aliphatic carbocycles. The predicted octanol–water partition coefficient (Wildman–Crippen LogP) is 5.29. The lowest BCUT2D eigenvalue weighted by atomic mass is 9.53. The molecular formula is C27H35NO2. The zero-order valence-electron chi connectivity index (χ0n) is 18.6. The Hall–Kier alpha value is -2.00. The van der Waals surface area contributed by atoms with Crippen LogP contribution in [0.15, 0.2) is 42.5 Å². The molecule has 30 heavy (non-hydrogen) atoms. The van der Waals surface area contributed by atoms with Crippen molar-refractivity contribution in [3.05, 3.63) is 59.2 Å². The number of aromatic hydroxyl groups is 1. The topological polar surface area (TPSA) is 43.7 Å². The number of benzene rings is 2. The van der Waals surface area contributed by atoms with Gasteiger partial charge in [-0.1, -0.05) is 25.1 Å². The van der Waals surface area contributed by atoms with Gasteiger partial charge in [-0.3, -0.25) is 0 Å². The van der Waals surface area contributed by atoms with Crippen molar-refractivity contribution in [1.82, 2.24) is 0 Å². The Morgan fingerprint density at radius 3 is 2.50 bits per heavy atom. The van der Waals surface area contributed by atoms with E-state index >= 15 is 0 Å². The maximum absolute atomic E-state index is 12.0. The van der Waals surface area contributed by atoms with Crippen LogP contribution in [0.3, 0.4) is 0 Å². The first-order valence-corrected chi connectivity index (χ1v) is 11.6. The highest BCUT2D eigenvalue weighted by molar-refractivity contribution is 5.46. The predicted molar refractivity (Wildman–Crippen MR) is 122 cm³/mol. The van der Waals surface area contributed by atoms with Gasteiger partial charge in [0.15, 0.2) is 0 Å². The first-order chi connectivity index (χ1) is 14.3. The summed E-state index contributed by atoms with van der Waals surface area (Å²) >= 11 is 0. The molecule has 0 aromatic heterocycles. The summed E-state index contributed by atoms with van der Waals surface area (Å²) in [5.74, 6) is 2.23. The Bertz CT molecular complexity index is 936. The van der Waals surface area contributed by atoms with Gasteiger partial charge in [0.2, 0.25) is 0 Å². The summed E-state index contributed by atoms with van der Waals surface area (Å²) in [6.45, 7) is 2.38. The number of aliphatic hydroxyl groups is 1. The molecule has 0 aliphatic heterocycles. The molecule has 3 nitrogen and oxygen atoms in total. The average Bonchev–Trinajstić information content (AvgIpc) is 2.98. The molecule has 3 aliphatic rings. The molecule has 2 saturated carbocycles. The lowest BCUT2D eigenvalue weighted by molar-refractivity contribution is -0.102. The summed E-state index contributed by atoms with van der Waals surface area (Å²) in [4.78, 5) is 2.12. The summed E-state index contributed by atoms with van der Waals surface area (Å²) in [5, 5.41) is 21.9. The Kier molecular flexibility index (Phi) is 4.66. The van der Waals surface area contributed by atoms with E-state index in [4.69, 9.17) is 0 Å². The third-order valence-corrected chi connectivity index (χ3v) is 8.98. The molecule has 5 atom stereocenters. The van der Waals surface area contributed by atoms with Crippen molar-refractivity contribution in [2.45, 2.75) is 63.4 Å². The molecule has 5 rings (SSSR count). The number of rotatable bonds is 3. The number of aryl methyl sites for hydroxylation is 1. The van der Waals surface area contributed by atoms with Crippen LogP contribution < -0.4 is 4.90 Å². The fourth-order valence-corrected chi connectivity index (χ4v) is 7.22. The van der Waals surface area contributed by atoms with Crippen LogP contribution in [0.2, 0.25) is 0 Å². The van der Waals surface area contributed by atoms with Gasteiger partial charge < -0.3 is 15.1 Å². The first-order valence-electron chi connectivity index (χ1n) is 11.6. The van der Waals surface area contributed by atoms with E-state index in [0.717, 1.165) is 38.5 Å². The van der Waals surface area contributed by atoms with Crippen LogP contribution in [0, 0.1) is 17.3 Å². The first kappa shape index (κ1) is 19.9. The number of fused-ring (bicyclic) bond motifs is 5. The van der Waals surface area contributed by atoms with E-state index in [1.807, 2.05) is 12.1 Å². The average molecular weight is 406 g/mol. The van der Waals surface area contributed by atoms with Gasteiger partial charge in [0, 0.05) is 26.2 Å². The summed E-state index contributed by atoms with van der Waals surface area (Å²) in [7, 11) is 4.13. The molecule has 2 aromatic rings. The molecule has 2 aromatic carbocycles. The van der Waals surface area contributed by atoms with Gasteiger partial charge in [-0.15, -0.1) is 0 Å². The Morgan fingerprint density at radius 1 is 1.00 bits per heavy atom. The molecule has 160 valence electrons. The molecule has 0 amide bonds. The number of nitrogens with zero attached hydrogens (tertiary/aromatic N) is 1. The van der Waals surface area contributed by atoms with Crippen molar-refractivity contribution in [2.24, 2.45) is 17.3 Å².